The molecule has 0 saturated carbocycles. The van der Waals surface area contributed by atoms with E-state index in [4.69, 9.17) is 4.74 Å². The lowest BCUT2D eigenvalue weighted by Gasteiger charge is -2.08. The number of nitrogens with one attached hydrogen (secondary N) is 1. The van der Waals surface area contributed by atoms with Gasteiger partial charge in [-0.15, -0.1) is 0 Å². The lowest BCUT2D eigenvalue weighted by Crippen LogP contribution is -2.01. The zero-order valence-corrected chi connectivity index (χ0v) is 12.3. The minimum atomic E-state index is -0.185. The molecule has 0 fully saturated rings. The maximum Gasteiger partial charge on any atom is 0.305 e. The summed E-state index contributed by atoms with van der Waals surface area (Å²) in [5, 5.41) is 3.31. The highest BCUT2D eigenvalue weighted by Crippen LogP contribution is 2.20. The fourth-order valence-corrected chi connectivity index (χ4v) is 1.94. The molecule has 4 heteroatoms. The van der Waals surface area contributed by atoms with Crippen LogP contribution in [0, 0.1) is 0 Å². The number of hydrogen-bond donors (Lipinski definition) is 1. The molecule has 0 amide bonds. The van der Waals surface area contributed by atoms with Gasteiger partial charge in [0.15, 0.2) is 0 Å². The summed E-state index contributed by atoms with van der Waals surface area (Å²) in [4.78, 5) is 11.1. The van der Waals surface area contributed by atoms with E-state index >= 15 is 0 Å². The average molecular weight is 285 g/mol. The Balaban J connectivity index is 1.93. The van der Waals surface area contributed by atoms with Crippen LogP contribution < -0.4 is 10.1 Å². The molecule has 0 aliphatic carbocycles. The van der Waals surface area contributed by atoms with Crippen molar-refractivity contribution in [2.45, 2.75) is 12.8 Å². The summed E-state index contributed by atoms with van der Waals surface area (Å²) in [7, 11) is 3.06. The maximum absolute atomic E-state index is 11.1. The summed E-state index contributed by atoms with van der Waals surface area (Å²) in [5.74, 6) is 0.647. The predicted octanol–water partition coefficient (Wildman–Crippen LogP) is 3.54. The van der Waals surface area contributed by atoms with Crippen molar-refractivity contribution in [3.8, 4) is 5.75 Å². The van der Waals surface area contributed by atoms with E-state index in [0.29, 0.717) is 12.8 Å². The first kappa shape index (κ1) is 14.9. The number of esters is 1. The number of carbonyl (C=O) groups excluding carboxylic acids is 1. The van der Waals surface area contributed by atoms with Crippen LogP contribution in [0.5, 0.6) is 5.75 Å². The molecular weight excluding hydrogens is 266 g/mol. The minimum Gasteiger partial charge on any atom is -0.497 e. The van der Waals surface area contributed by atoms with E-state index in [1.54, 1.807) is 7.11 Å². The molecule has 2 aromatic carbocycles. The largest absolute Gasteiger partial charge is 0.497 e. The summed E-state index contributed by atoms with van der Waals surface area (Å²) in [6, 6.07) is 15.8. The number of hydrogen-bond acceptors (Lipinski definition) is 4. The van der Waals surface area contributed by atoms with Gasteiger partial charge in [0, 0.05) is 17.8 Å². The van der Waals surface area contributed by atoms with Gasteiger partial charge < -0.3 is 14.8 Å². The highest BCUT2D eigenvalue weighted by atomic mass is 16.5. The van der Waals surface area contributed by atoms with E-state index in [9.17, 15) is 4.79 Å². The number of rotatable bonds is 6. The number of benzene rings is 2. The Labute approximate surface area is 124 Å². The molecular formula is C17H19NO3. The summed E-state index contributed by atoms with van der Waals surface area (Å²) in [6.45, 7) is 0. The minimum absolute atomic E-state index is 0.185. The lowest BCUT2D eigenvalue weighted by molar-refractivity contribution is -0.140. The Bertz CT molecular complexity index is 576. The molecule has 2 rings (SSSR count). The van der Waals surface area contributed by atoms with Gasteiger partial charge in [-0.2, -0.15) is 0 Å². The summed E-state index contributed by atoms with van der Waals surface area (Å²) in [5.41, 5.74) is 3.11. The molecule has 0 aromatic heterocycles. The van der Waals surface area contributed by atoms with Crippen LogP contribution in [0.2, 0.25) is 0 Å². The van der Waals surface area contributed by atoms with Crippen LogP contribution in [0.15, 0.2) is 48.5 Å². The van der Waals surface area contributed by atoms with Gasteiger partial charge in [0.1, 0.15) is 5.75 Å². The molecule has 0 aliphatic rings. The molecule has 0 bridgehead atoms. The molecule has 0 saturated heterocycles. The summed E-state index contributed by atoms with van der Waals surface area (Å²) in [6.07, 6.45) is 1.09. The van der Waals surface area contributed by atoms with E-state index < -0.39 is 0 Å². The van der Waals surface area contributed by atoms with Gasteiger partial charge in [0.05, 0.1) is 14.2 Å². The molecule has 0 aliphatic heterocycles. The van der Waals surface area contributed by atoms with Crippen molar-refractivity contribution in [2.75, 3.05) is 19.5 Å². The molecule has 0 spiro atoms. The Morgan fingerprint density at radius 3 is 2.05 bits per heavy atom. The monoisotopic (exact) mass is 285 g/mol. The number of anilines is 2. The molecule has 0 unspecified atom stereocenters. The molecule has 1 N–H and O–H groups in total. The number of methoxy groups -OCH3 is 2. The van der Waals surface area contributed by atoms with Gasteiger partial charge >= 0.3 is 5.97 Å². The highest BCUT2D eigenvalue weighted by Gasteiger charge is 2.02. The quantitative estimate of drug-likeness (QED) is 0.825. The van der Waals surface area contributed by atoms with Gasteiger partial charge in [-0.05, 0) is 48.4 Å². The standard InChI is InChI=1S/C17H19NO3/c1-20-16-10-8-15(9-11-16)18-14-6-3-13(4-7-14)5-12-17(19)21-2/h3-4,6-11,18H,5,12H2,1-2H3. The first-order chi connectivity index (χ1) is 10.2. The molecule has 0 radical (unpaired) electrons. The third kappa shape index (κ3) is 4.53. The normalized spacial score (nSPS) is 10.0. The lowest BCUT2D eigenvalue weighted by atomic mass is 10.1. The smallest absolute Gasteiger partial charge is 0.305 e. The second kappa shape index (κ2) is 7.33. The Morgan fingerprint density at radius 1 is 0.952 bits per heavy atom. The third-order valence-corrected chi connectivity index (χ3v) is 3.18. The van der Waals surface area contributed by atoms with Crippen molar-refractivity contribution >= 4 is 17.3 Å². The summed E-state index contributed by atoms with van der Waals surface area (Å²) < 4.78 is 9.76. The van der Waals surface area contributed by atoms with Gasteiger partial charge in [-0.3, -0.25) is 4.79 Å². The van der Waals surface area contributed by atoms with Crippen LogP contribution in [0.4, 0.5) is 11.4 Å². The summed E-state index contributed by atoms with van der Waals surface area (Å²) >= 11 is 0. The zero-order valence-electron chi connectivity index (χ0n) is 12.3. The van der Waals surface area contributed by atoms with Crippen molar-refractivity contribution in [3.05, 3.63) is 54.1 Å². The molecule has 21 heavy (non-hydrogen) atoms. The zero-order chi connectivity index (χ0) is 15.1. The van der Waals surface area contributed by atoms with Crippen molar-refractivity contribution < 1.29 is 14.3 Å². The molecule has 2 aromatic rings. The second-order valence-corrected chi connectivity index (χ2v) is 4.63. The van der Waals surface area contributed by atoms with Crippen LogP contribution in [0.25, 0.3) is 0 Å². The fraction of sp³-hybridized carbons (Fsp3) is 0.235. The van der Waals surface area contributed by atoms with Crippen LogP contribution >= 0.6 is 0 Å². The Hall–Kier alpha value is -2.49. The predicted molar refractivity (Wildman–Crippen MR) is 83.1 cm³/mol. The average Bonchev–Trinajstić information content (AvgIpc) is 2.54. The van der Waals surface area contributed by atoms with Gasteiger partial charge in [-0.25, -0.2) is 0 Å². The van der Waals surface area contributed by atoms with Crippen LogP contribution in [0.1, 0.15) is 12.0 Å². The maximum atomic E-state index is 11.1. The van der Waals surface area contributed by atoms with E-state index in [0.717, 1.165) is 22.7 Å². The Kier molecular flexibility index (Phi) is 5.21. The van der Waals surface area contributed by atoms with Gasteiger partial charge in [0.25, 0.3) is 0 Å². The Morgan fingerprint density at radius 2 is 1.52 bits per heavy atom. The third-order valence-electron chi connectivity index (χ3n) is 3.18. The second-order valence-electron chi connectivity index (χ2n) is 4.63. The van der Waals surface area contributed by atoms with E-state index in [1.807, 2.05) is 48.5 Å². The number of aryl methyl sites for hydroxylation is 1. The van der Waals surface area contributed by atoms with Crippen molar-refractivity contribution in [2.24, 2.45) is 0 Å². The van der Waals surface area contributed by atoms with Crippen molar-refractivity contribution in [1.29, 1.82) is 0 Å². The molecule has 110 valence electrons. The van der Waals surface area contributed by atoms with Crippen molar-refractivity contribution in [1.82, 2.24) is 0 Å². The van der Waals surface area contributed by atoms with E-state index in [-0.39, 0.29) is 5.97 Å². The first-order valence-corrected chi connectivity index (χ1v) is 6.78. The van der Waals surface area contributed by atoms with Crippen LogP contribution in [0.3, 0.4) is 0 Å². The first-order valence-electron chi connectivity index (χ1n) is 6.78. The highest BCUT2D eigenvalue weighted by molar-refractivity contribution is 5.69. The number of ether oxygens (including phenoxy) is 2. The molecule has 0 heterocycles. The SMILES string of the molecule is COC(=O)CCc1ccc(Nc2ccc(OC)cc2)cc1. The van der Waals surface area contributed by atoms with E-state index in [1.165, 1.54) is 7.11 Å². The molecule has 4 nitrogen and oxygen atoms in total. The van der Waals surface area contributed by atoms with E-state index in [2.05, 4.69) is 10.1 Å². The van der Waals surface area contributed by atoms with Crippen molar-refractivity contribution in [3.63, 3.8) is 0 Å². The van der Waals surface area contributed by atoms with Crippen LogP contribution in [-0.4, -0.2) is 20.2 Å². The van der Waals surface area contributed by atoms with Gasteiger partial charge in [0.2, 0.25) is 0 Å². The van der Waals surface area contributed by atoms with Crippen LogP contribution in [-0.2, 0) is 16.0 Å². The number of carbonyl (C=O) groups is 1. The topological polar surface area (TPSA) is 47.6 Å². The van der Waals surface area contributed by atoms with Gasteiger partial charge in [-0.1, -0.05) is 12.1 Å². The fourth-order valence-electron chi connectivity index (χ4n) is 1.94. The molecule has 0 atom stereocenters.